The molecule has 2 heterocycles. The number of hydrogen-bond donors (Lipinski definition) is 3. The minimum atomic E-state index is -0.537. The molecule has 2 rings (SSSR count). The van der Waals surface area contributed by atoms with Gasteiger partial charge in [0, 0.05) is 13.7 Å². The lowest BCUT2D eigenvalue weighted by Crippen LogP contribution is -2.38. The van der Waals surface area contributed by atoms with Gasteiger partial charge in [0.25, 0.3) is 11.7 Å². The highest BCUT2D eigenvalue weighted by Crippen LogP contribution is 2.20. The summed E-state index contributed by atoms with van der Waals surface area (Å²) in [6.45, 7) is 1.57. The molecule has 1 aliphatic heterocycles. The zero-order valence-corrected chi connectivity index (χ0v) is 11.8. The van der Waals surface area contributed by atoms with E-state index in [2.05, 4.69) is 26.1 Å². The van der Waals surface area contributed by atoms with E-state index in [1.807, 2.05) is 0 Å². The van der Waals surface area contributed by atoms with E-state index >= 15 is 0 Å². The van der Waals surface area contributed by atoms with E-state index in [0.717, 1.165) is 19.4 Å². The molecule has 1 atom stereocenters. The Hall–Kier alpha value is -2.00. The SMILES string of the molecule is COCCNC(=O)CNC(=O)c1noc(C2CCCN2)n1. The normalized spacial score (nSPS) is 17.7. The number of ether oxygens (including phenoxy) is 1. The second-order valence-corrected chi connectivity index (χ2v) is 4.63. The van der Waals surface area contributed by atoms with Crippen LogP contribution in [0.25, 0.3) is 0 Å². The van der Waals surface area contributed by atoms with Crippen molar-refractivity contribution in [3.8, 4) is 0 Å². The number of nitrogens with one attached hydrogen (secondary N) is 3. The third kappa shape index (κ3) is 4.50. The van der Waals surface area contributed by atoms with Gasteiger partial charge in [-0.1, -0.05) is 5.16 Å². The van der Waals surface area contributed by atoms with Gasteiger partial charge in [-0.25, -0.2) is 0 Å². The molecule has 1 aromatic rings. The van der Waals surface area contributed by atoms with E-state index < -0.39 is 5.91 Å². The molecule has 0 aromatic carbocycles. The summed E-state index contributed by atoms with van der Waals surface area (Å²) in [6, 6.07) is 0.0105. The summed E-state index contributed by atoms with van der Waals surface area (Å²) in [5, 5.41) is 11.8. The standard InChI is InChI=1S/C12H19N5O4/c1-20-6-5-14-9(18)7-15-11(19)10-16-12(21-17-10)8-3-2-4-13-8/h8,13H,2-7H2,1H3,(H,14,18)(H,15,19). The summed E-state index contributed by atoms with van der Waals surface area (Å²) in [5.41, 5.74) is 0. The molecular weight excluding hydrogens is 278 g/mol. The Morgan fingerprint density at radius 2 is 2.33 bits per heavy atom. The van der Waals surface area contributed by atoms with Gasteiger partial charge < -0.3 is 25.2 Å². The maximum Gasteiger partial charge on any atom is 0.293 e. The van der Waals surface area contributed by atoms with Crippen LogP contribution < -0.4 is 16.0 Å². The Bertz CT molecular complexity index is 484. The summed E-state index contributed by atoms with van der Waals surface area (Å²) in [4.78, 5) is 27.2. The Kier molecular flexibility index (Phi) is 5.64. The Balaban J connectivity index is 1.76. The van der Waals surface area contributed by atoms with Crippen LogP contribution in [0, 0.1) is 0 Å². The van der Waals surface area contributed by atoms with Crippen LogP contribution in [-0.4, -0.2) is 55.3 Å². The molecule has 1 saturated heterocycles. The summed E-state index contributed by atoms with van der Waals surface area (Å²) in [7, 11) is 1.54. The number of aromatic nitrogens is 2. The van der Waals surface area contributed by atoms with Crippen molar-refractivity contribution in [1.29, 1.82) is 0 Å². The minimum Gasteiger partial charge on any atom is -0.383 e. The van der Waals surface area contributed by atoms with Crippen LogP contribution in [-0.2, 0) is 9.53 Å². The van der Waals surface area contributed by atoms with Gasteiger partial charge in [-0.2, -0.15) is 4.98 Å². The van der Waals surface area contributed by atoms with E-state index in [-0.39, 0.29) is 24.3 Å². The van der Waals surface area contributed by atoms with Crippen LogP contribution in [0.3, 0.4) is 0 Å². The predicted molar refractivity (Wildman–Crippen MR) is 71.5 cm³/mol. The first-order valence-electron chi connectivity index (χ1n) is 6.81. The number of amides is 2. The summed E-state index contributed by atoms with van der Waals surface area (Å²) < 4.78 is 9.85. The van der Waals surface area contributed by atoms with Gasteiger partial charge in [0.05, 0.1) is 19.2 Å². The number of carbonyl (C=O) groups excluding carboxylic acids is 2. The molecule has 0 bridgehead atoms. The lowest BCUT2D eigenvalue weighted by molar-refractivity contribution is -0.120. The lowest BCUT2D eigenvalue weighted by Gasteiger charge is -2.04. The second kappa shape index (κ2) is 7.70. The van der Waals surface area contributed by atoms with Crippen LogP contribution in [0.4, 0.5) is 0 Å². The number of carbonyl (C=O) groups is 2. The van der Waals surface area contributed by atoms with Crippen molar-refractivity contribution < 1.29 is 18.8 Å². The zero-order chi connectivity index (χ0) is 15.1. The van der Waals surface area contributed by atoms with Crippen molar-refractivity contribution in [2.75, 3.05) is 33.4 Å². The lowest BCUT2D eigenvalue weighted by atomic mass is 10.2. The molecular formula is C12H19N5O4. The third-order valence-corrected chi connectivity index (χ3v) is 3.04. The van der Waals surface area contributed by atoms with Gasteiger partial charge in [0.1, 0.15) is 0 Å². The summed E-state index contributed by atoms with van der Waals surface area (Å²) >= 11 is 0. The first-order valence-corrected chi connectivity index (χ1v) is 6.81. The Morgan fingerprint density at radius 3 is 3.05 bits per heavy atom. The largest absolute Gasteiger partial charge is 0.383 e. The zero-order valence-electron chi connectivity index (χ0n) is 11.8. The molecule has 2 amide bonds. The van der Waals surface area contributed by atoms with E-state index in [4.69, 9.17) is 9.26 Å². The van der Waals surface area contributed by atoms with Gasteiger partial charge in [-0.3, -0.25) is 9.59 Å². The smallest absolute Gasteiger partial charge is 0.293 e. The predicted octanol–water partition coefficient (Wildman–Crippen LogP) is -1.01. The van der Waals surface area contributed by atoms with Crippen LogP contribution in [0.2, 0.25) is 0 Å². The van der Waals surface area contributed by atoms with Gasteiger partial charge >= 0.3 is 0 Å². The van der Waals surface area contributed by atoms with Crippen LogP contribution in [0.1, 0.15) is 35.4 Å². The van der Waals surface area contributed by atoms with E-state index in [0.29, 0.717) is 19.0 Å². The van der Waals surface area contributed by atoms with E-state index in [9.17, 15) is 9.59 Å². The summed E-state index contributed by atoms with van der Waals surface area (Å²) in [6.07, 6.45) is 1.95. The number of methoxy groups -OCH3 is 1. The highest BCUT2D eigenvalue weighted by Gasteiger charge is 2.24. The molecule has 1 aromatic heterocycles. The molecule has 116 valence electrons. The molecule has 1 fully saturated rings. The fraction of sp³-hybridized carbons (Fsp3) is 0.667. The highest BCUT2D eigenvalue weighted by molar-refractivity contribution is 5.93. The monoisotopic (exact) mass is 297 g/mol. The number of rotatable bonds is 7. The van der Waals surface area contributed by atoms with E-state index in [1.54, 1.807) is 7.11 Å². The highest BCUT2D eigenvalue weighted by atomic mass is 16.5. The number of nitrogens with zero attached hydrogens (tertiary/aromatic N) is 2. The molecule has 3 N–H and O–H groups in total. The van der Waals surface area contributed by atoms with Crippen molar-refractivity contribution in [2.24, 2.45) is 0 Å². The molecule has 21 heavy (non-hydrogen) atoms. The molecule has 0 aliphatic carbocycles. The second-order valence-electron chi connectivity index (χ2n) is 4.63. The van der Waals surface area contributed by atoms with Crippen molar-refractivity contribution in [3.05, 3.63) is 11.7 Å². The Morgan fingerprint density at radius 1 is 1.48 bits per heavy atom. The van der Waals surface area contributed by atoms with Crippen LogP contribution in [0.15, 0.2) is 4.52 Å². The first kappa shape index (κ1) is 15.4. The topological polar surface area (TPSA) is 118 Å². The van der Waals surface area contributed by atoms with Gasteiger partial charge in [0.2, 0.25) is 11.8 Å². The van der Waals surface area contributed by atoms with Crippen LogP contribution in [0.5, 0.6) is 0 Å². The maximum absolute atomic E-state index is 11.8. The molecule has 9 nitrogen and oxygen atoms in total. The molecule has 1 aliphatic rings. The molecule has 9 heteroatoms. The Labute approximate surface area is 121 Å². The fourth-order valence-corrected chi connectivity index (χ4v) is 1.96. The van der Waals surface area contributed by atoms with Crippen molar-refractivity contribution >= 4 is 11.8 Å². The molecule has 1 unspecified atom stereocenters. The van der Waals surface area contributed by atoms with Gasteiger partial charge in [0.15, 0.2) is 0 Å². The maximum atomic E-state index is 11.8. The van der Waals surface area contributed by atoms with Crippen molar-refractivity contribution in [3.63, 3.8) is 0 Å². The van der Waals surface area contributed by atoms with Gasteiger partial charge in [-0.15, -0.1) is 0 Å². The van der Waals surface area contributed by atoms with Crippen molar-refractivity contribution in [1.82, 2.24) is 26.1 Å². The first-order chi connectivity index (χ1) is 10.2. The molecule has 0 saturated carbocycles. The third-order valence-electron chi connectivity index (χ3n) is 3.04. The average molecular weight is 297 g/mol. The quantitative estimate of drug-likeness (QED) is 0.552. The van der Waals surface area contributed by atoms with E-state index in [1.165, 1.54) is 0 Å². The molecule has 0 radical (unpaired) electrons. The van der Waals surface area contributed by atoms with Gasteiger partial charge in [-0.05, 0) is 19.4 Å². The average Bonchev–Trinajstić information content (AvgIpc) is 3.15. The fourth-order valence-electron chi connectivity index (χ4n) is 1.96. The molecule has 0 spiro atoms. The number of hydrogen-bond acceptors (Lipinski definition) is 7. The summed E-state index contributed by atoms with van der Waals surface area (Å²) in [5.74, 6) is -0.503. The van der Waals surface area contributed by atoms with Crippen LogP contribution >= 0.6 is 0 Å². The minimum absolute atomic E-state index is 0.0105. The van der Waals surface area contributed by atoms with Crippen molar-refractivity contribution in [2.45, 2.75) is 18.9 Å².